The second-order valence-electron chi connectivity index (χ2n) is 8.93. The molecule has 4 aromatic rings. The lowest BCUT2D eigenvalue weighted by Crippen LogP contribution is -2.48. The van der Waals surface area contributed by atoms with E-state index >= 15 is 0 Å². The Labute approximate surface area is 213 Å². The Morgan fingerprint density at radius 3 is 1.61 bits per heavy atom. The van der Waals surface area contributed by atoms with Crippen molar-refractivity contribution in [3.63, 3.8) is 0 Å². The van der Waals surface area contributed by atoms with E-state index in [-0.39, 0.29) is 24.2 Å². The lowest BCUT2D eigenvalue weighted by Gasteiger charge is -2.21. The number of nitrogens with one attached hydrogen (secondary N) is 2. The SMILES string of the molecule is O=C(Cc1ccccc1)NC(Cc1ccccc1)C(=O)NCCC(c1ccccc1)c1ccccc1. The summed E-state index contributed by atoms with van der Waals surface area (Å²) in [7, 11) is 0. The summed E-state index contributed by atoms with van der Waals surface area (Å²) in [5.74, 6) is -0.156. The molecule has 0 radical (unpaired) electrons. The van der Waals surface area contributed by atoms with Crippen LogP contribution in [0.5, 0.6) is 0 Å². The topological polar surface area (TPSA) is 58.2 Å². The molecule has 4 aromatic carbocycles. The van der Waals surface area contributed by atoms with Crippen LogP contribution in [-0.2, 0) is 22.4 Å². The quantitative estimate of drug-likeness (QED) is 0.309. The molecule has 1 atom stereocenters. The van der Waals surface area contributed by atoms with Gasteiger partial charge in [-0.15, -0.1) is 0 Å². The van der Waals surface area contributed by atoms with E-state index in [0.29, 0.717) is 13.0 Å². The Morgan fingerprint density at radius 2 is 1.08 bits per heavy atom. The third-order valence-corrected chi connectivity index (χ3v) is 6.28. The fourth-order valence-electron chi connectivity index (χ4n) is 4.45. The second kappa shape index (κ2) is 13.1. The standard InChI is InChI=1S/C32H32N2O2/c35-31(24-26-15-7-2-8-16-26)34-30(23-25-13-5-1-6-14-25)32(36)33-22-21-29(27-17-9-3-10-18-27)28-19-11-4-12-20-28/h1-20,29-30H,21-24H2,(H,33,36)(H,34,35). The number of rotatable bonds is 11. The lowest BCUT2D eigenvalue weighted by molar-refractivity contribution is -0.128. The van der Waals surface area contributed by atoms with Gasteiger partial charge in [0.1, 0.15) is 6.04 Å². The van der Waals surface area contributed by atoms with E-state index in [2.05, 4.69) is 34.9 Å². The summed E-state index contributed by atoms with van der Waals surface area (Å²) in [6, 6.07) is 39.4. The second-order valence-corrected chi connectivity index (χ2v) is 8.93. The molecule has 0 bridgehead atoms. The maximum Gasteiger partial charge on any atom is 0.242 e. The van der Waals surface area contributed by atoms with Crippen molar-refractivity contribution >= 4 is 11.8 Å². The average molecular weight is 477 g/mol. The Bertz CT molecular complexity index is 1170. The van der Waals surface area contributed by atoms with Gasteiger partial charge in [-0.25, -0.2) is 0 Å². The molecular formula is C32H32N2O2. The highest BCUT2D eigenvalue weighted by Gasteiger charge is 2.22. The number of benzene rings is 4. The molecule has 36 heavy (non-hydrogen) atoms. The molecule has 2 N–H and O–H groups in total. The van der Waals surface area contributed by atoms with E-state index in [1.54, 1.807) is 0 Å². The maximum atomic E-state index is 13.3. The highest BCUT2D eigenvalue weighted by molar-refractivity contribution is 5.88. The van der Waals surface area contributed by atoms with Gasteiger partial charge in [-0.1, -0.05) is 121 Å². The largest absolute Gasteiger partial charge is 0.354 e. The van der Waals surface area contributed by atoms with Crippen LogP contribution in [0.2, 0.25) is 0 Å². The summed E-state index contributed by atoms with van der Waals surface area (Å²) in [6.07, 6.45) is 1.44. The fraction of sp³-hybridized carbons (Fsp3) is 0.188. The number of carbonyl (C=O) groups excluding carboxylic acids is 2. The normalized spacial score (nSPS) is 11.6. The molecule has 0 saturated heterocycles. The molecule has 4 nitrogen and oxygen atoms in total. The van der Waals surface area contributed by atoms with Gasteiger partial charge in [-0.3, -0.25) is 9.59 Å². The van der Waals surface area contributed by atoms with E-state index in [1.807, 2.05) is 97.1 Å². The first-order valence-electron chi connectivity index (χ1n) is 12.4. The van der Waals surface area contributed by atoms with Crippen LogP contribution in [0, 0.1) is 0 Å². The molecule has 0 aromatic heterocycles. The summed E-state index contributed by atoms with van der Waals surface area (Å²) in [4.78, 5) is 26.0. The van der Waals surface area contributed by atoms with Gasteiger partial charge in [-0.05, 0) is 28.7 Å². The maximum absolute atomic E-state index is 13.3. The highest BCUT2D eigenvalue weighted by atomic mass is 16.2. The first-order chi connectivity index (χ1) is 17.7. The molecule has 0 saturated carbocycles. The van der Waals surface area contributed by atoms with Gasteiger partial charge < -0.3 is 10.6 Å². The minimum atomic E-state index is -0.643. The Hall–Kier alpha value is -4.18. The van der Waals surface area contributed by atoms with E-state index < -0.39 is 6.04 Å². The summed E-state index contributed by atoms with van der Waals surface area (Å²) in [5.41, 5.74) is 4.36. The first-order valence-corrected chi connectivity index (χ1v) is 12.4. The Balaban J connectivity index is 1.42. The lowest BCUT2D eigenvalue weighted by atomic mass is 9.88. The van der Waals surface area contributed by atoms with Crippen molar-refractivity contribution in [3.8, 4) is 0 Å². The van der Waals surface area contributed by atoms with Gasteiger partial charge in [0.25, 0.3) is 0 Å². The number of hydrogen-bond acceptors (Lipinski definition) is 2. The van der Waals surface area contributed by atoms with Gasteiger partial charge in [0.15, 0.2) is 0 Å². The average Bonchev–Trinajstić information content (AvgIpc) is 2.93. The van der Waals surface area contributed by atoms with Crippen molar-refractivity contribution < 1.29 is 9.59 Å². The molecule has 0 spiro atoms. The van der Waals surface area contributed by atoms with Gasteiger partial charge in [0.2, 0.25) is 11.8 Å². The van der Waals surface area contributed by atoms with Crippen LogP contribution in [0.15, 0.2) is 121 Å². The molecule has 4 heteroatoms. The molecule has 0 aliphatic carbocycles. The van der Waals surface area contributed by atoms with E-state index in [0.717, 1.165) is 17.5 Å². The van der Waals surface area contributed by atoms with Crippen LogP contribution < -0.4 is 10.6 Å². The predicted molar refractivity (Wildman–Crippen MR) is 145 cm³/mol. The third-order valence-electron chi connectivity index (χ3n) is 6.28. The zero-order valence-electron chi connectivity index (χ0n) is 20.3. The third kappa shape index (κ3) is 7.41. The van der Waals surface area contributed by atoms with Crippen LogP contribution in [0.4, 0.5) is 0 Å². The van der Waals surface area contributed by atoms with E-state index in [1.165, 1.54) is 11.1 Å². The van der Waals surface area contributed by atoms with Gasteiger partial charge >= 0.3 is 0 Å². The summed E-state index contributed by atoms with van der Waals surface area (Å²) < 4.78 is 0. The predicted octanol–water partition coefficient (Wildman–Crippen LogP) is 5.30. The van der Waals surface area contributed by atoms with Crippen LogP contribution in [0.1, 0.15) is 34.6 Å². The van der Waals surface area contributed by atoms with Crippen LogP contribution in [-0.4, -0.2) is 24.4 Å². The van der Waals surface area contributed by atoms with Crippen molar-refractivity contribution in [2.24, 2.45) is 0 Å². The molecule has 182 valence electrons. The molecule has 2 amide bonds. The highest BCUT2D eigenvalue weighted by Crippen LogP contribution is 2.27. The van der Waals surface area contributed by atoms with Crippen molar-refractivity contribution in [1.29, 1.82) is 0 Å². The minimum Gasteiger partial charge on any atom is -0.354 e. The van der Waals surface area contributed by atoms with Crippen molar-refractivity contribution in [3.05, 3.63) is 144 Å². The summed E-state index contributed by atoms with van der Waals surface area (Å²) >= 11 is 0. The van der Waals surface area contributed by atoms with Crippen molar-refractivity contribution in [1.82, 2.24) is 10.6 Å². The van der Waals surface area contributed by atoms with Crippen molar-refractivity contribution in [2.75, 3.05) is 6.54 Å². The molecule has 1 unspecified atom stereocenters. The summed E-state index contributed by atoms with van der Waals surface area (Å²) in [6.45, 7) is 0.507. The zero-order chi connectivity index (χ0) is 25.0. The molecule has 0 aliphatic rings. The molecule has 4 rings (SSSR count). The zero-order valence-corrected chi connectivity index (χ0v) is 20.3. The molecule has 0 fully saturated rings. The van der Waals surface area contributed by atoms with E-state index in [4.69, 9.17) is 0 Å². The smallest absolute Gasteiger partial charge is 0.242 e. The molecule has 0 heterocycles. The van der Waals surface area contributed by atoms with Gasteiger partial charge in [-0.2, -0.15) is 0 Å². The van der Waals surface area contributed by atoms with E-state index in [9.17, 15) is 9.59 Å². The van der Waals surface area contributed by atoms with Gasteiger partial charge in [0, 0.05) is 18.9 Å². The van der Waals surface area contributed by atoms with Crippen LogP contribution in [0.3, 0.4) is 0 Å². The number of hydrogen-bond donors (Lipinski definition) is 2. The minimum absolute atomic E-state index is 0.163. The number of carbonyl (C=O) groups is 2. The number of amides is 2. The molecule has 0 aliphatic heterocycles. The monoisotopic (exact) mass is 476 g/mol. The Kier molecular flexibility index (Phi) is 9.04. The van der Waals surface area contributed by atoms with Gasteiger partial charge in [0.05, 0.1) is 6.42 Å². The Morgan fingerprint density at radius 1 is 0.611 bits per heavy atom. The summed E-state index contributed by atoms with van der Waals surface area (Å²) in [5, 5.41) is 6.05. The molecular weight excluding hydrogens is 444 g/mol. The van der Waals surface area contributed by atoms with Crippen LogP contribution >= 0.6 is 0 Å². The fourth-order valence-corrected chi connectivity index (χ4v) is 4.45. The van der Waals surface area contributed by atoms with Crippen LogP contribution in [0.25, 0.3) is 0 Å². The van der Waals surface area contributed by atoms with Crippen molar-refractivity contribution in [2.45, 2.75) is 31.2 Å². The first kappa shape index (κ1) is 24.9.